The summed E-state index contributed by atoms with van der Waals surface area (Å²) in [5, 5.41) is 2.73. The predicted octanol–water partition coefficient (Wildman–Crippen LogP) is 3.89. The highest BCUT2D eigenvalue weighted by Crippen LogP contribution is 2.23. The number of benzene rings is 2. The van der Waals surface area contributed by atoms with Crippen molar-refractivity contribution < 1.29 is 14.3 Å². The minimum atomic E-state index is -0.231. The molecule has 0 fully saturated rings. The lowest BCUT2D eigenvalue weighted by Crippen LogP contribution is -2.20. The molecule has 1 aromatic heterocycles. The second-order valence-corrected chi connectivity index (χ2v) is 4.96. The highest BCUT2D eigenvalue weighted by molar-refractivity contribution is 5.91. The number of carbonyl (C=O) groups excluding carboxylic acids is 1. The van der Waals surface area contributed by atoms with E-state index in [1.54, 1.807) is 48.8 Å². The van der Waals surface area contributed by atoms with Gasteiger partial charge in [0.15, 0.2) is 6.61 Å². The molecular weight excluding hydrogens is 304 g/mol. The van der Waals surface area contributed by atoms with Crippen LogP contribution in [-0.2, 0) is 4.79 Å². The number of amides is 1. The molecule has 0 atom stereocenters. The third kappa shape index (κ3) is 4.58. The van der Waals surface area contributed by atoms with Crippen molar-refractivity contribution in [2.45, 2.75) is 0 Å². The number of hydrogen-bond donors (Lipinski definition) is 1. The van der Waals surface area contributed by atoms with Gasteiger partial charge in [-0.3, -0.25) is 9.78 Å². The molecule has 0 unspecified atom stereocenters. The Labute approximate surface area is 139 Å². The maximum Gasteiger partial charge on any atom is 0.262 e. The van der Waals surface area contributed by atoms with Gasteiger partial charge in [-0.15, -0.1) is 0 Å². The van der Waals surface area contributed by atoms with Crippen LogP contribution in [0.4, 0.5) is 5.69 Å². The summed E-state index contributed by atoms with van der Waals surface area (Å²) >= 11 is 0. The number of ether oxygens (including phenoxy) is 2. The predicted molar refractivity (Wildman–Crippen MR) is 91.3 cm³/mol. The average molecular weight is 320 g/mol. The molecule has 120 valence electrons. The fraction of sp³-hybridized carbons (Fsp3) is 0.0526. The molecule has 1 N–H and O–H groups in total. The number of para-hydroxylation sites is 1. The first kappa shape index (κ1) is 15.6. The Morgan fingerprint density at radius 3 is 2.17 bits per heavy atom. The van der Waals surface area contributed by atoms with Gasteiger partial charge in [0.1, 0.15) is 17.2 Å². The van der Waals surface area contributed by atoms with Crippen LogP contribution in [0.1, 0.15) is 0 Å². The van der Waals surface area contributed by atoms with Crippen molar-refractivity contribution in [2.75, 3.05) is 11.9 Å². The van der Waals surface area contributed by atoms with Crippen molar-refractivity contribution in [3.8, 4) is 17.2 Å². The number of pyridine rings is 1. The Balaban J connectivity index is 1.50. The van der Waals surface area contributed by atoms with Crippen LogP contribution in [0.15, 0.2) is 79.1 Å². The van der Waals surface area contributed by atoms with Gasteiger partial charge in [0.25, 0.3) is 5.91 Å². The number of anilines is 1. The maximum atomic E-state index is 11.8. The van der Waals surface area contributed by atoms with Gasteiger partial charge >= 0.3 is 0 Å². The maximum absolute atomic E-state index is 11.8. The monoisotopic (exact) mass is 320 g/mol. The lowest BCUT2D eigenvalue weighted by Gasteiger charge is -2.09. The van der Waals surface area contributed by atoms with Gasteiger partial charge in [-0.1, -0.05) is 18.2 Å². The molecule has 0 aliphatic carbocycles. The van der Waals surface area contributed by atoms with Crippen LogP contribution in [0.5, 0.6) is 17.2 Å². The largest absolute Gasteiger partial charge is 0.484 e. The van der Waals surface area contributed by atoms with Crippen molar-refractivity contribution in [1.82, 2.24) is 4.98 Å². The SMILES string of the molecule is O=C(COc1ccc(Oc2ccccc2)cc1)Nc1ccncc1. The molecule has 3 rings (SSSR count). The molecule has 1 amide bonds. The molecular formula is C19H16N2O3. The molecule has 3 aromatic rings. The smallest absolute Gasteiger partial charge is 0.262 e. The van der Waals surface area contributed by atoms with Gasteiger partial charge in [0.05, 0.1) is 0 Å². The standard InChI is InChI=1S/C19H16N2O3/c22-19(21-15-10-12-20-13-11-15)14-23-16-6-8-18(9-7-16)24-17-4-2-1-3-5-17/h1-13H,14H2,(H,20,21,22). The molecule has 2 aromatic carbocycles. The molecule has 5 heteroatoms. The highest BCUT2D eigenvalue weighted by atomic mass is 16.5. The average Bonchev–Trinajstić information content (AvgIpc) is 2.63. The lowest BCUT2D eigenvalue weighted by molar-refractivity contribution is -0.118. The summed E-state index contributed by atoms with van der Waals surface area (Å²) in [6.45, 7) is -0.0682. The molecule has 0 spiro atoms. The molecule has 0 bridgehead atoms. The summed E-state index contributed by atoms with van der Waals surface area (Å²) in [4.78, 5) is 15.7. The second kappa shape index (κ2) is 7.78. The van der Waals surface area contributed by atoms with Gasteiger partial charge in [0.2, 0.25) is 0 Å². The van der Waals surface area contributed by atoms with Gasteiger partial charge in [-0.2, -0.15) is 0 Å². The molecule has 0 aliphatic heterocycles. The van der Waals surface area contributed by atoms with Crippen molar-refractivity contribution in [3.63, 3.8) is 0 Å². The van der Waals surface area contributed by atoms with E-state index in [9.17, 15) is 4.79 Å². The summed E-state index contributed by atoms with van der Waals surface area (Å²) in [6, 6.07) is 20.1. The lowest BCUT2D eigenvalue weighted by atomic mass is 10.3. The summed E-state index contributed by atoms with van der Waals surface area (Å²) in [7, 11) is 0. The first-order valence-corrected chi connectivity index (χ1v) is 7.45. The van der Waals surface area contributed by atoms with Gasteiger partial charge < -0.3 is 14.8 Å². The Morgan fingerprint density at radius 2 is 1.46 bits per heavy atom. The van der Waals surface area contributed by atoms with Crippen molar-refractivity contribution >= 4 is 11.6 Å². The van der Waals surface area contributed by atoms with E-state index in [1.165, 1.54) is 0 Å². The molecule has 0 saturated heterocycles. The fourth-order valence-corrected chi connectivity index (χ4v) is 2.01. The Bertz CT molecular complexity index is 775. The number of aromatic nitrogens is 1. The number of nitrogens with zero attached hydrogens (tertiary/aromatic N) is 1. The van der Waals surface area contributed by atoms with Crippen LogP contribution in [0.2, 0.25) is 0 Å². The zero-order valence-electron chi connectivity index (χ0n) is 12.9. The van der Waals surface area contributed by atoms with Crippen molar-refractivity contribution in [2.24, 2.45) is 0 Å². The summed E-state index contributed by atoms with van der Waals surface area (Å²) in [5.41, 5.74) is 0.685. The van der Waals surface area contributed by atoms with E-state index in [-0.39, 0.29) is 12.5 Å². The van der Waals surface area contributed by atoms with Crippen LogP contribution in [0.3, 0.4) is 0 Å². The zero-order valence-corrected chi connectivity index (χ0v) is 12.9. The minimum absolute atomic E-state index is 0.0682. The Morgan fingerprint density at radius 1 is 0.833 bits per heavy atom. The van der Waals surface area contributed by atoms with Crippen LogP contribution in [0.25, 0.3) is 0 Å². The first-order chi connectivity index (χ1) is 11.8. The van der Waals surface area contributed by atoms with Crippen LogP contribution >= 0.6 is 0 Å². The topological polar surface area (TPSA) is 60.5 Å². The molecule has 0 saturated carbocycles. The Hall–Kier alpha value is -3.34. The highest BCUT2D eigenvalue weighted by Gasteiger charge is 2.04. The zero-order chi connectivity index (χ0) is 16.6. The van der Waals surface area contributed by atoms with Gasteiger partial charge in [-0.05, 0) is 48.5 Å². The first-order valence-electron chi connectivity index (χ1n) is 7.45. The number of hydrogen-bond acceptors (Lipinski definition) is 4. The third-order valence-electron chi connectivity index (χ3n) is 3.14. The quantitative estimate of drug-likeness (QED) is 0.748. The molecule has 24 heavy (non-hydrogen) atoms. The third-order valence-corrected chi connectivity index (χ3v) is 3.14. The van der Waals surface area contributed by atoms with E-state index in [0.29, 0.717) is 17.2 Å². The van der Waals surface area contributed by atoms with Crippen LogP contribution in [0, 0.1) is 0 Å². The van der Waals surface area contributed by atoms with E-state index in [4.69, 9.17) is 9.47 Å². The molecule has 0 radical (unpaired) electrons. The molecule has 1 heterocycles. The molecule has 5 nitrogen and oxygen atoms in total. The van der Waals surface area contributed by atoms with E-state index in [1.807, 2.05) is 30.3 Å². The van der Waals surface area contributed by atoms with Gasteiger partial charge in [-0.25, -0.2) is 0 Å². The van der Waals surface area contributed by atoms with Crippen LogP contribution in [-0.4, -0.2) is 17.5 Å². The fourth-order valence-electron chi connectivity index (χ4n) is 2.01. The Kier molecular flexibility index (Phi) is 5.04. The van der Waals surface area contributed by atoms with E-state index >= 15 is 0 Å². The summed E-state index contributed by atoms with van der Waals surface area (Å²) in [6.07, 6.45) is 3.23. The van der Waals surface area contributed by atoms with E-state index < -0.39 is 0 Å². The summed E-state index contributed by atoms with van der Waals surface area (Å²) < 4.78 is 11.2. The van der Waals surface area contributed by atoms with Crippen molar-refractivity contribution in [3.05, 3.63) is 79.1 Å². The van der Waals surface area contributed by atoms with E-state index in [2.05, 4.69) is 10.3 Å². The van der Waals surface area contributed by atoms with Crippen LogP contribution < -0.4 is 14.8 Å². The number of nitrogens with one attached hydrogen (secondary N) is 1. The van der Waals surface area contributed by atoms with E-state index in [0.717, 1.165) is 5.75 Å². The summed E-state index contributed by atoms with van der Waals surface area (Å²) in [5.74, 6) is 1.84. The number of rotatable bonds is 6. The van der Waals surface area contributed by atoms with Crippen molar-refractivity contribution in [1.29, 1.82) is 0 Å². The minimum Gasteiger partial charge on any atom is -0.484 e. The molecule has 0 aliphatic rings. The van der Waals surface area contributed by atoms with Gasteiger partial charge in [0, 0.05) is 18.1 Å². The second-order valence-electron chi connectivity index (χ2n) is 4.96. The number of carbonyl (C=O) groups is 1. The normalized spacial score (nSPS) is 10.0.